The minimum atomic E-state index is -1.90. The molecule has 0 N–H and O–H groups in total. The number of rotatable bonds is 4. The predicted octanol–water partition coefficient (Wildman–Crippen LogP) is 3.95. The number of hydrogen-bond acceptors (Lipinski definition) is 4. The van der Waals surface area contributed by atoms with Crippen molar-refractivity contribution in [3.63, 3.8) is 0 Å². The Kier molecular flexibility index (Phi) is 4.89. The Balaban J connectivity index is 2.26. The third kappa shape index (κ3) is 3.93. The minimum Gasteiger partial charge on any atom is -0.408 e. The van der Waals surface area contributed by atoms with Crippen LogP contribution in [0.25, 0.3) is 0 Å². The Bertz CT molecular complexity index is 382. The first-order valence-corrected chi connectivity index (χ1v) is 11.4. The molecule has 2 aliphatic rings. The highest BCUT2D eigenvalue weighted by Gasteiger charge is 2.54. The van der Waals surface area contributed by atoms with Crippen molar-refractivity contribution in [2.45, 2.75) is 96.8 Å². The average Bonchev–Trinajstić information content (AvgIpc) is 3.12. The standard InChI is InChI=1S/C17H34O4Si/c1-11(2)13-15(21-22(8,9)16(3,4)5)14(12-10-18-12)20-17(6,7)19-13/h11-15H,10H2,1-9H3/t12-,13+,14+,15+/m0/s1. The molecule has 2 heterocycles. The molecule has 0 amide bonds. The highest BCUT2D eigenvalue weighted by Crippen LogP contribution is 2.43. The summed E-state index contributed by atoms with van der Waals surface area (Å²) in [5.74, 6) is -0.210. The first-order chi connectivity index (χ1) is 9.84. The van der Waals surface area contributed by atoms with E-state index in [1.807, 2.05) is 13.8 Å². The van der Waals surface area contributed by atoms with Crippen LogP contribution in [-0.2, 0) is 18.6 Å². The first-order valence-electron chi connectivity index (χ1n) is 8.49. The minimum absolute atomic E-state index is 0.0343. The topological polar surface area (TPSA) is 40.2 Å². The van der Waals surface area contributed by atoms with E-state index >= 15 is 0 Å². The van der Waals surface area contributed by atoms with Crippen molar-refractivity contribution in [3.8, 4) is 0 Å². The highest BCUT2D eigenvalue weighted by atomic mass is 28.4. The second-order valence-corrected chi connectivity index (χ2v) is 13.8. The van der Waals surface area contributed by atoms with Gasteiger partial charge in [-0.05, 0) is 37.9 Å². The molecule has 0 aromatic heterocycles. The van der Waals surface area contributed by atoms with E-state index in [2.05, 4.69) is 47.7 Å². The molecule has 2 saturated heterocycles. The van der Waals surface area contributed by atoms with Crippen molar-refractivity contribution in [2.24, 2.45) is 5.92 Å². The number of ether oxygens (including phenoxy) is 3. The molecule has 0 bridgehead atoms. The molecule has 2 fully saturated rings. The first kappa shape index (κ1) is 18.4. The van der Waals surface area contributed by atoms with Crippen LogP contribution in [0.3, 0.4) is 0 Å². The van der Waals surface area contributed by atoms with Gasteiger partial charge < -0.3 is 18.6 Å². The lowest BCUT2D eigenvalue weighted by Gasteiger charge is -2.50. The molecular formula is C17H34O4Si. The fourth-order valence-electron chi connectivity index (χ4n) is 2.70. The molecule has 130 valence electrons. The van der Waals surface area contributed by atoms with E-state index in [1.54, 1.807) is 0 Å². The molecule has 0 spiro atoms. The summed E-state index contributed by atoms with van der Waals surface area (Å²) in [5, 5.41) is 0.163. The summed E-state index contributed by atoms with van der Waals surface area (Å²) in [6.45, 7) is 20.5. The van der Waals surface area contributed by atoms with Crippen LogP contribution in [0.4, 0.5) is 0 Å². The second kappa shape index (κ2) is 5.85. The third-order valence-electron chi connectivity index (χ3n) is 5.11. The second-order valence-electron chi connectivity index (χ2n) is 9.02. The van der Waals surface area contributed by atoms with Crippen LogP contribution in [-0.4, -0.2) is 45.1 Å². The zero-order chi connectivity index (χ0) is 16.9. The van der Waals surface area contributed by atoms with Crippen molar-refractivity contribution in [2.75, 3.05) is 6.61 Å². The molecule has 0 radical (unpaired) electrons. The van der Waals surface area contributed by atoms with Crippen LogP contribution in [0.15, 0.2) is 0 Å². The van der Waals surface area contributed by atoms with Crippen LogP contribution in [0.1, 0.15) is 48.5 Å². The van der Waals surface area contributed by atoms with E-state index in [1.165, 1.54) is 0 Å². The van der Waals surface area contributed by atoms with E-state index in [0.29, 0.717) is 5.92 Å². The lowest BCUT2D eigenvalue weighted by molar-refractivity contribution is -0.338. The Hall–Kier alpha value is 0.0569. The van der Waals surface area contributed by atoms with E-state index in [4.69, 9.17) is 18.6 Å². The summed E-state index contributed by atoms with van der Waals surface area (Å²) in [7, 11) is -1.90. The Labute approximate surface area is 137 Å². The molecule has 2 aliphatic heterocycles. The molecule has 2 rings (SSSR count). The maximum absolute atomic E-state index is 6.73. The van der Waals surface area contributed by atoms with E-state index < -0.39 is 14.1 Å². The predicted molar refractivity (Wildman–Crippen MR) is 90.5 cm³/mol. The van der Waals surface area contributed by atoms with Gasteiger partial charge in [0.2, 0.25) is 0 Å². The zero-order valence-electron chi connectivity index (χ0n) is 15.7. The van der Waals surface area contributed by atoms with Gasteiger partial charge in [0, 0.05) is 0 Å². The summed E-state index contributed by atoms with van der Waals surface area (Å²) in [5.41, 5.74) is 0. The van der Waals surface area contributed by atoms with Gasteiger partial charge in [-0.25, -0.2) is 0 Å². The van der Waals surface area contributed by atoms with Crippen LogP contribution in [0, 0.1) is 5.92 Å². The maximum atomic E-state index is 6.73. The van der Waals surface area contributed by atoms with E-state index in [-0.39, 0.29) is 29.5 Å². The lowest BCUT2D eigenvalue weighted by Crippen LogP contribution is -2.62. The number of hydrogen-bond donors (Lipinski definition) is 0. The smallest absolute Gasteiger partial charge is 0.192 e. The van der Waals surface area contributed by atoms with Crippen molar-refractivity contribution in [1.82, 2.24) is 0 Å². The zero-order valence-corrected chi connectivity index (χ0v) is 16.7. The van der Waals surface area contributed by atoms with E-state index in [9.17, 15) is 0 Å². The van der Waals surface area contributed by atoms with Crippen molar-refractivity contribution >= 4 is 8.32 Å². The van der Waals surface area contributed by atoms with E-state index in [0.717, 1.165) is 6.61 Å². The van der Waals surface area contributed by atoms with Gasteiger partial charge in [-0.1, -0.05) is 34.6 Å². The Morgan fingerprint density at radius 1 is 1.14 bits per heavy atom. The molecule has 5 heteroatoms. The van der Waals surface area contributed by atoms with Gasteiger partial charge in [0.25, 0.3) is 0 Å². The molecular weight excluding hydrogens is 296 g/mol. The number of epoxide rings is 1. The van der Waals surface area contributed by atoms with Crippen molar-refractivity contribution < 1.29 is 18.6 Å². The molecule has 0 aromatic rings. The molecule has 0 saturated carbocycles. The summed E-state index contributed by atoms with van der Waals surface area (Å²) < 4.78 is 24.7. The fourth-order valence-corrected chi connectivity index (χ4v) is 4.01. The van der Waals surface area contributed by atoms with Crippen LogP contribution in [0.5, 0.6) is 0 Å². The van der Waals surface area contributed by atoms with Crippen LogP contribution < -0.4 is 0 Å². The molecule has 22 heavy (non-hydrogen) atoms. The molecule has 4 atom stereocenters. The van der Waals surface area contributed by atoms with Gasteiger partial charge in [0.15, 0.2) is 14.1 Å². The molecule has 0 aromatic carbocycles. The quantitative estimate of drug-likeness (QED) is 0.578. The van der Waals surface area contributed by atoms with Gasteiger partial charge in [0.1, 0.15) is 18.3 Å². The molecule has 0 aliphatic carbocycles. The van der Waals surface area contributed by atoms with Gasteiger partial charge in [-0.15, -0.1) is 0 Å². The normalized spacial score (nSPS) is 35.7. The Morgan fingerprint density at radius 3 is 2.09 bits per heavy atom. The molecule has 4 nitrogen and oxygen atoms in total. The monoisotopic (exact) mass is 330 g/mol. The summed E-state index contributed by atoms with van der Waals surface area (Å²) in [4.78, 5) is 0. The molecule has 0 unspecified atom stereocenters. The van der Waals surface area contributed by atoms with Gasteiger partial charge in [-0.2, -0.15) is 0 Å². The SMILES string of the molecule is CC(C)[C@H]1OC(C)(C)O[C@H]([C@@H]2CO2)[C@@H]1O[Si](C)(C)C(C)(C)C. The maximum Gasteiger partial charge on any atom is 0.192 e. The summed E-state index contributed by atoms with van der Waals surface area (Å²) >= 11 is 0. The van der Waals surface area contributed by atoms with Crippen LogP contribution >= 0.6 is 0 Å². The third-order valence-corrected chi connectivity index (χ3v) is 9.58. The van der Waals surface area contributed by atoms with Crippen LogP contribution in [0.2, 0.25) is 18.1 Å². The van der Waals surface area contributed by atoms with Crippen molar-refractivity contribution in [3.05, 3.63) is 0 Å². The van der Waals surface area contributed by atoms with Gasteiger partial charge in [-0.3, -0.25) is 0 Å². The van der Waals surface area contributed by atoms with Crippen molar-refractivity contribution in [1.29, 1.82) is 0 Å². The van der Waals surface area contributed by atoms with Gasteiger partial charge in [0.05, 0.1) is 12.7 Å². The summed E-state index contributed by atoms with van der Waals surface area (Å²) in [6.07, 6.45) is 0.0953. The average molecular weight is 331 g/mol. The summed E-state index contributed by atoms with van der Waals surface area (Å²) in [6, 6.07) is 0. The Morgan fingerprint density at radius 2 is 1.68 bits per heavy atom. The lowest BCUT2D eigenvalue weighted by atomic mass is 9.94. The van der Waals surface area contributed by atoms with Gasteiger partial charge >= 0.3 is 0 Å². The fraction of sp³-hybridized carbons (Fsp3) is 1.00. The highest BCUT2D eigenvalue weighted by molar-refractivity contribution is 6.74. The largest absolute Gasteiger partial charge is 0.408 e.